The lowest BCUT2D eigenvalue weighted by atomic mass is 10.1. The number of pyridine rings is 4. The second-order valence-corrected chi connectivity index (χ2v) is 28.2. The SMILES string of the molecule is CC(NC(=O)c1cc2c(cn1)N=CC2)c1cnc(Cc2ccc(C(F)(F)F)cc2)s1.CC(NC(=O)c1cc2c(cn1)ncn2CC(=O)O)c1cnc(Cc2ccc(C(F)(F)F)cc2)s1.COC(=O)Cn1cnc2cnc(C(=O)NC(C)c3cnc(Cc4ccc(C(F)(F)F)cc4)s3)cc21.O=C(O)c1cc2c(cn1)N=CC2. The molecule has 0 aliphatic carbocycles. The average Bonchev–Trinajstić information content (AvgIpc) is 1.72. The number of aliphatic carboxylic acids is 1. The summed E-state index contributed by atoms with van der Waals surface area (Å²) in [4.78, 5) is 119. The number of fused-ring (bicyclic) bond motifs is 4. The summed E-state index contributed by atoms with van der Waals surface area (Å²) < 4.78 is 122. The molecule has 3 atom stereocenters. The van der Waals surface area contributed by atoms with E-state index in [-0.39, 0.29) is 48.2 Å². The smallest absolute Gasteiger partial charge is 0.416 e. The van der Waals surface area contributed by atoms with Crippen molar-refractivity contribution in [2.45, 2.75) is 103 Å². The molecular weight excluding hydrogens is 1520 g/mol. The highest BCUT2D eigenvalue weighted by atomic mass is 32.1. The average molecular weight is 1590 g/mol. The van der Waals surface area contributed by atoms with Gasteiger partial charge >= 0.3 is 36.4 Å². The maximum absolute atomic E-state index is 12.8. The molecule has 2 aliphatic heterocycles. The zero-order chi connectivity index (χ0) is 79.5. The number of methoxy groups -OCH3 is 1. The molecule has 3 unspecified atom stereocenters. The Labute approximate surface area is 635 Å². The summed E-state index contributed by atoms with van der Waals surface area (Å²) in [5, 5.41) is 28.4. The molecule has 12 aromatic rings. The Morgan fingerprint density at radius 3 is 1.13 bits per heavy atom. The number of thiazole rings is 3. The number of benzene rings is 3. The molecule has 0 radical (unpaired) electrons. The van der Waals surface area contributed by atoms with Crippen molar-refractivity contribution in [1.82, 2.24) is 69.9 Å². The minimum absolute atomic E-state index is 0.0446. The van der Waals surface area contributed by atoms with E-state index in [1.54, 1.807) is 73.8 Å². The Kier molecular flexibility index (Phi) is 24.7. The fraction of sp³-hybridized carbons (Fsp3) is 0.230. The van der Waals surface area contributed by atoms with Crippen LogP contribution < -0.4 is 16.0 Å². The topological polar surface area (TPSA) is 339 Å². The number of alkyl halides is 9. The predicted octanol–water partition coefficient (Wildman–Crippen LogP) is 14.2. The van der Waals surface area contributed by atoms with Gasteiger partial charge in [-0.15, -0.1) is 34.0 Å². The molecule has 111 heavy (non-hydrogen) atoms. The number of aromatic carboxylic acids is 1. The summed E-state index contributed by atoms with van der Waals surface area (Å²) in [6, 6.07) is 20.2. The summed E-state index contributed by atoms with van der Waals surface area (Å²) in [5.74, 6) is -3.62. The Morgan fingerprint density at radius 2 is 0.784 bits per heavy atom. The monoisotopic (exact) mass is 1580 g/mol. The minimum Gasteiger partial charge on any atom is -0.480 e. The molecule has 0 spiro atoms. The number of carbonyl (C=O) groups is 6. The Balaban J connectivity index is 0.000000153. The fourth-order valence-corrected chi connectivity index (χ4v) is 13.7. The van der Waals surface area contributed by atoms with E-state index >= 15 is 0 Å². The van der Waals surface area contributed by atoms with Crippen LogP contribution in [0.25, 0.3) is 22.1 Å². The van der Waals surface area contributed by atoms with Gasteiger partial charge < -0.3 is 40.0 Å². The van der Waals surface area contributed by atoms with E-state index in [2.05, 4.69) is 75.5 Å². The minimum atomic E-state index is -4.38. The first-order chi connectivity index (χ1) is 52.8. The number of aromatic nitrogens is 11. The molecule has 2 aliphatic rings. The maximum Gasteiger partial charge on any atom is 0.416 e. The Hall–Kier alpha value is -12.4. The van der Waals surface area contributed by atoms with Gasteiger partial charge in [0.25, 0.3) is 17.7 Å². The number of ether oxygens (including phenoxy) is 1. The summed E-state index contributed by atoms with van der Waals surface area (Å²) in [6.45, 7) is 5.09. The van der Waals surface area contributed by atoms with Gasteiger partial charge in [-0.25, -0.2) is 49.7 Å². The van der Waals surface area contributed by atoms with Gasteiger partial charge in [-0.05, 0) is 109 Å². The van der Waals surface area contributed by atoms with Gasteiger partial charge in [0.2, 0.25) is 0 Å². The first-order valence-electron chi connectivity index (χ1n) is 33.2. The van der Waals surface area contributed by atoms with Gasteiger partial charge in [0.05, 0.1) is 117 Å². The van der Waals surface area contributed by atoms with Crippen LogP contribution in [0.5, 0.6) is 0 Å². The number of hydrogen-bond donors (Lipinski definition) is 5. The summed E-state index contributed by atoms with van der Waals surface area (Å²) in [5.41, 5.74) is 6.28. The quantitative estimate of drug-likeness (QED) is 0.0349. The Bertz CT molecular complexity index is 5470. The van der Waals surface area contributed by atoms with E-state index < -0.39 is 71.0 Å². The summed E-state index contributed by atoms with van der Waals surface area (Å²) in [6.07, 6.45) is 6.73. The van der Waals surface area contributed by atoms with Crippen molar-refractivity contribution in [1.29, 1.82) is 0 Å². The number of nitrogens with zero attached hydrogens (tertiary/aromatic N) is 13. The molecule has 3 amide bonds. The molecule has 11 heterocycles. The number of halogens is 9. The van der Waals surface area contributed by atoms with Crippen LogP contribution in [-0.2, 0) is 78.0 Å². The number of amides is 3. The molecule has 37 heteroatoms. The lowest BCUT2D eigenvalue weighted by Crippen LogP contribution is -2.27. The van der Waals surface area contributed by atoms with E-state index in [0.29, 0.717) is 81.0 Å². The van der Waals surface area contributed by atoms with Gasteiger partial charge in [-0.3, -0.25) is 34.0 Å². The zero-order valence-corrected chi connectivity index (χ0v) is 60.9. The third-order valence-electron chi connectivity index (χ3n) is 16.7. The zero-order valence-electron chi connectivity index (χ0n) is 58.5. The number of esters is 1. The molecule has 0 bridgehead atoms. The van der Waals surface area contributed by atoms with E-state index in [1.807, 2.05) is 6.92 Å². The molecule has 5 N–H and O–H groups in total. The highest BCUT2D eigenvalue weighted by Crippen LogP contribution is 2.35. The molecule has 572 valence electrons. The van der Waals surface area contributed by atoms with E-state index in [4.69, 9.17) is 10.2 Å². The Morgan fingerprint density at radius 1 is 0.450 bits per heavy atom. The first-order valence-corrected chi connectivity index (χ1v) is 35.7. The molecule has 25 nitrogen and oxygen atoms in total. The van der Waals surface area contributed by atoms with Crippen LogP contribution in [-0.4, -0.2) is 119 Å². The van der Waals surface area contributed by atoms with Gasteiger partial charge in [0, 0.05) is 77.8 Å². The molecular formula is C74H61F9N16O9S3. The third-order valence-corrected chi connectivity index (χ3v) is 20.3. The molecule has 14 rings (SSSR count). The standard InChI is InChI=1S/C23H20F3N5O3S.C22H18F3N5O3S.C21H17F3N4OS.C8H6N2O2/c1-13(19-10-28-20(35-19)7-14-3-5-15(6-4-14)23(24,25)26)30-22(33)16-8-18-17(9-27-16)29-12-31(18)11-21(32)34-2;1-12(18-9-27-19(34-18)6-13-2-4-14(5-3-13)22(23,24)25)29-21(33)15-7-17-16(8-26-15)28-11-30(17)10-20(31)32;1-12(28-20(29)16-9-14-6-7-25-17(14)10-26-16)18-11-27-19(30-18)8-13-2-4-15(5-3-13)21(22,23)24;11-8(12)6-3-5-1-2-9-7(5)4-10-6/h3-6,8-10,12-13H,7,11H2,1-2H3,(H,30,33);2-5,7-9,11-12H,6,10H2,1H3,(H,29,33)(H,31,32);2-5,7,9-12H,6,8H2,1H3,(H,28,29);2-4H,1H2,(H,11,12). The van der Waals surface area contributed by atoms with E-state index in [9.17, 15) is 68.3 Å². The van der Waals surface area contributed by atoms with Crippen molar-refractivity contribution >= 4 is 116 Å². The molecule has 0 saturated heterocycles. The number of carboxylic acid groups (broad SMARTS) is 2. The second kappa shape index (κ2) is 34.5. The maximum atomic E-state index is 12.8. The second-order valence-electron chi connectivity index (χ2n) is 24.7. The van der Waals surface area contributed by atoms with Crippen LogP contribution in [0, 0.1) is 0 Å². The number of nitrogens with one attached hydrogen (secondary N) is 3. The van der Waals surface area contributed by atoms with Crippen LogP contribution in [0.1, 0.15) is 155 Å². The van der Waals surface area contributed by atoms with E-state index in [1.165, 1.54) is 119 Å². The van der Waals surface area contributed by atoms with Crippen LogP contribution in [0.4, 0.5) is 50.9 Å². The molecule has 9 aromatic heterocycles. The lowest BCUT2D eigenvalue weighted by molar-refractivity contribution is -0.141. The van der Waals surface area contributed by atoms with Gasteiger partial charge in [0.1, 0.15) is 46.9 Å². The van der Waals surface area contributed by atoms with Crippen LogP contribution in [0.2, 0.25) is 0 Å². The third kappa shape index (κ3) is 20.9. The fourth-order valence-electron chi connectivity index (χ4n) is 10.8. The van der Waals surface area contributed by atoms with Crippen molar-refractivity contribution < 1.29 is 83.2 Å². The number of carboxylic acids is 2. The van der Waals surface area contributed by atoms with Crippen molar-refractivity contribution in [2.75, 3.05) is 7.11 Å². The summed E-state index contributed by atoms with van der Waals surface area (Å²) >= 11 is 4.13. The van der Waals surface area contributed by atoms with Gasteiger partial charge in [-0.1, -0.05) is 36.4 Å². The van der Waals surface area contributed by atoms with Crippen molar-refractivity contribution in [3.05, 3.63) is 250 Å². The van der Waals surface area contributed by atoms with Crippen LogP contribution >= 0.6 is 34.0 Å². The van der Waals surface area contributed by atoms with Crippen LogP contribution in [0.15, 0.2) is 163 Å². The number of imidazole rings is 2. The highest BCUT2D eigenvalue weighted by Gasteiger charge is 2.33. The number of rotatable bonds is 20. The van der Waals surface area contributed by atoms with Crippen LogP contribution in [0.3, 0.4) is 0 Å². The highest BCUT2D eigenvalue weighted by molar-refractivity contribution is 7.12. The summed E-state index contributed by atoms with van der Waals surface area (Å²) in [7, 11) is 1.29. The molecule has 0 saturated carbocycles. The predicted molar refractivity (Wildman–Crippen MR) is 391 cm³/mol. The van der Waals surface area contributed by atoms with Crippen molar-refractivity contribution in [3.63, 3.8) is 0 Å². The lowest BCUT2D eigenvalue weighted by Gasteiger charge is -2.11. The number of carbonyl (C=O) groups excluding carboxylic acids is 4. The van der Waals surface area contributed by atoms with Gasteiger partial charge in [0.15, 0.2) is 0 Å². The van der Waals surface area contributed by atoms with Crippen molar-refractivity contribution in [3.8, 4) is 0 Å². The number of aliphatic imine (C=N–C) groups is 2. The first kappa shape index (κ1) is 79.7. The van der Waals surface area contributed by atoms with E-state index in [0.717, 1.165) is 84.1 Å². The van der Waals surface area contributed by atoms with Crippen molar-refractivity contribution in [2.24, 2.45) is 9.98 Å². The molecule has 3 aromatic carbocycles. The molecule has 0 fully saturated rings. The normalized spacial score (nSPS) is 12.9. The number of hydrogen-bond acceptors (Lipinski definition) is 21. The largest absolute Gasteiger partial charge is 0.480 e. The van der Waals surface area contributed by atoms with Gasteiger partial charge in [-0.2, -0.15) is 39.5 Å².